The van der Waals surface area contributed by atoms with Crippen LogP contribution in [0.15, 0.2) is 35.5 Å². The summed E-state index contributed by atoms with van der Waals surface area (Å²) in [6, 6.07) is 8.81. The van der Waals surface area contributed by atoms with Crippen molar-refractivity contribution >= 4 is 17.7 Å². The third kappa shape index (κ3) is 2.68. The van der Waals surface area contributed by atoms with Gasteiger partial charge in [0, 0.05) is 12.8 Å². The van der Waals surface area contributed by atoms with E-state index in [0.717, 1.165) is 5.82 Å². The van der Waals surface area contributed by atoms with Gasteiger partial charge in [0.1, 0.15) is 11.4 Å². The summed E-state index contributed by atoms with van der Waals surface area (Å²) in [5.74, 6) is -0.113. The molecular formula is C13H16N4O2S. The van der Waals surface area contributed by atoms with Crippen LogP contribution in [0.4, 0.5) is 0 Å². The van der Waals surface area contributed by atoms with Crippen molar-refractivity contribution in [2.24, 2.45) is 12.8 Å². The second-order valence-corrected chi connectivity index (χ2v) is 5.46. The molecule has 3 N–H and O–H groups in total. The second kappa shape index (κ2) is 5.64. The molecule has 7 heteroatoms. The highest BCUT2D eigenvalue weighted by atomic mass is 32.2. The van der Waals surface area contributed by atoms with Crippen molar-refractivity contribution < 1.29 is 9.90 Å². The first kappa shape index (κ1) is 14.5. The van der Waals surface area contributed by atoms with Gasteiger partial charge in [0.25, 0.3) is 0 Å². The van der Waals surface area contributed by atoms with Crippen molar-refractivity contribution in [1.82, 2.24) is 14.8 Å². The van der Waals surface area contributed by atoms with E-state index in [1.165, 1.54) is 11.8 Å². The summed E-state index contributed by atoms with van der Waals surface area (Å²) < 4.78 is 1.80. The van der Waals surface area contributed by atoms with Gasteiger partial charge in [-0.15, -0.1) is 10.2 Å². The largest absolute Gasteiger partial charge is 0.480 e. The van der Waals surface area contributed by atoms with Gasteiger partial charge in [-0.1, -0.05) is 42.1 Å². The number of carboxylic acid groups (broad SMARTS) is 1. The van der Waals surface area contributed by atoms with Gasteiger partial charge in [-0.05, 0) is 12.5 Å². The van der Waals surface area contributed by atoms with Crippen LogP contribution in [-0.2, 0) is 17.4 Å². The van der Waals surface area contributed by atoms with Crippen molar-refractivity contribution in [3.05, 3.63) is 41.7 Å². The topological polar surface area (TPSA) is 94.0 Å². The van der Waals surface area contributed by atoms with Gasteiger partial charge in [0.15, 0.2) is 5.16 Å². The fourth-order valence-corrected chi connectivity index (χ4v) is 2.77. The zero-order valence-electron chi connectivity index (χ0n) is 11.3. The quantitative estimate of drug-likeness (QED) is 0.803. The smallest absolute Gasteiger partial charge is 0.329 e. The number of aryl methyl sites for hydroxylation is 1. The maximum absolute atomic E-state index is 11.6. The highest BCUT2D eigenvalue weighted by molar-refractivity contribution is 7.99. The summed E-state index contributed by atoms with van der Waals surface area (Å²) >= 11 is 1.28. The predicted molar refractivity (Wildman–Crippen MR) is 76.4 cm³/mol. The molecular weight excluding hydrogens is 276 g/mol. The summed E-state index contributed by atoms with van der Waals surface area (Å²) in [6.45, 7) is 1.83. The average Bonchev–Trinajstić information content (AvgIpc) is 2.77. The molecule has 0 amide bonds. The zero-order valence-corrected chi connectivity index (χ0v) is 12.1. The number of nitrogens with zero attached hydrogens (tertiary/aromatic N) is 3. The van der Waals surface area contributed by atoms with Crippen molar-refractivity contribution in [3.63, 3.8) is 0 Å². The van der Waals surface area contributed by atoms with Crippen LogP contribution >= 0.6 is 11.8 Å². The molecule has 0 saturated heterocycles. The molecule has 2 aromatic rings. The minimum Gasteiger partial charge on any atom is -0.480 e. The second-order valence-electron chi connectivity index (χ2n) is 4.52. The molecule has 0 spiro atoms. The number of rotatable bonds is 5. The van der Waals surface area contributed by atoms with Crippen molar-refractivity contribution in [1.29, 1.82) is 0 Å². The lowest BCUT2D eigenvalue weighted by atomic mass is 9.93. The van der Waals surface area contributed by atoms with E-state index in [1.807, 2.05) is 20.0 Å². The van der Waals surface area contributed by atoms with E-state index in [2.05, 4.69) is 10.2 Å². The lowest BCUT2D eigenvalue weighted by Gasteiger charge is -2.24. The van der Waals surface area contributed by atoms with Crippen LogP contribution in [0.1, 0.15) is 11.4 Å². The highest BCUT2D eigenvalue weighted by Crippen LogP contribution is 2.27. The Balaban J connectivity index is 2.23. The molecule has 0 saturated carbocycles. The van der Waals surface area contributed by atoms with E-state index in [1.54, 1.807) is 28.8 Å². The molecule has 6 nitrogen and oxygen atoms in total. The number of carboxylic acids is 1. The number of benzene rings is 1. The number of hydrogen-bond donors (Lipinski definition) is 2. The van der Waals surface area contributed by atoms with Gasteiger partial charge in [-0.2, -0.15) is 0 Å². The lowest BCUT2D eigenvalue weighted by Crippen LogP contribution is -2.47. The fourth-order valence-electron chi connectivity index (χ4n) is 1.70. The van der Waals surface area contributed by atoms with Crippen LogP contribution in [-0.4, -0.2) is 31.6 Å². The Kier molecular flexibility index (Phi) is 4.10. The number of hydrogen-bond acceptors (Lipinski definition) is 5. The Hall–Kier alpha value is -1.86. The van der Waals surface area contributed by atoms with Crippen LogP contribution in [0.25, 0.3) is 0 Å². The molecule has 20 heavy (non-hydrogen) atoms. The van der Waals surface area contributed by atoms with Crippen molar-refractivity contribution in [3.8, 4) is 0 Å². The molecule has 0 aliphatic carbocycles. The van der Waals surface area contributed by atoms with Gasteiger partial charge in [0.05, 0.1) is 0 Å². The Morgan fingerprint density at radius 3 is 2.55 bits per heavy atom. The van der Waals surface area contributed by atoms with Gasteiger partial charge in [-0.25, -0.2) is 4.79 Å². The van der Waals surface area contributed by atoms with Gasteiger partial charge >= 0.3 is 5.97 Å². The number of thioether (sulfide) groups is 1. The minimum atomic E-state index is -1.45. The summed E-state index contributed by atoms with van der Waals surface area (Å²) in [4.78, 5) is 11.6. The first-order chi connectivity index (χ1) is 9.45. The number of nitrogens with two attached hydrogens (primary N) is 1. The Bertz CT molecular complexity index is 614. The van der Waals surface area contributed by atoms with E-state index < -0.39 is 11.5 Å². The standard InChI is InChI=1S/C13H16N4O2S/c1-9-15-16-12(17(9)2)20-8-13(14,11(18)19)10-6-4-3-5-7-10/h3-7H,8,14H2,1-2H3,(H,18,19). The first-order valence-electron chi connectivity index (χ1n) is 6.02. The van der Waals surface area contributed by atoms with E-state index in [9.17, 15) is 9.90 Å². The molecule has 1 aromatic carbocycles. The van der Waals surface area contributed by atoms with E-state index in [-0.39, 0.29) is 5.75 Å². The zero-order chi connectivity index (χ0) is 14.8. The predicted octanol–water partition coefficient (Wildman–Crippen LogP) is 1.15. The Morgan fingerprint density at radius 1 is 1.40 bits per heavy atom. The van der Waals surface area contributed by atoms with E-state index in [4.69, 9.17) is 5.73 Å². The van der Waals surface area contributed by atoms with Crippen LogP contribution in [0.3, 0.4) is 0 Å². The SMILES string of the molecule is Cc1nnc(SCC(N)(C(=O)O)c2ccccc2)n1C. The molecule has 0 aliphatic rings. The molecule has 1 atom stereocenters. The number of aromatic nitrogens is 3. The molecule has 0 aliphatic heterocycles. The summed E-state index contributed by atoms with van der Waals surface area (Å²) in [7, 11) is 1.83. The van der Waals surface area contributed by atoms with Gasteiger partial charge in [0.2, 0.25) is 0 Å². The third-order valence-electron chi connectivity index (χ3n) is 3.15. The molecule has 106 valence electrons. The van der Waals surface area contributed by atoms with Gasteiger partial charge < -0.3 is 15.4 Å². The Morgan fingerprint density at radius 2 is 2.05 bits per heavy atom. The molecule has 1 heterocycles. The van der Waals surface area contributed by atoms with Crippen LogP contribution in [0.2, 0.25) is 0 Å². The molecule has 0 radical (unpaired) electrons. The maximum atomic E-state index is 11.6. The fraction of sp³-hybridized carbons (Fsp3) is 0.308. The minimum absolute atomic E-state index is 0.179. The summed E-state index contributed by atoms with van der Waals surface area (Å²) in [5.41, 5.74) is 5.20. The first-order valence-corrected chi connectivity index (χ1v) is 7.00. The van der Waals surface area contributed by atoms with E-state index in [0.29, 0.717) is 10.7 Å². The number of aliphatic carboxylic acids is 1. The van der Waals surface area contributed by atoms with Crippen LogP contribution < -0.4 is 5.73 Å². The van der Waals surface area contributed by atoms with E-state index >= 15 is 0 Å². The molecule has 0 bridgehead atoms. The highest BCUT2D eigenvalue weighted by Gasteiger charge is 2.36. The lowest BCUT2D eigenvalue weighted by molar-refractivity contribution is -0.142. The molecule has 1 unspecified atom stereocenters. The molecule has 0 fully saturated rings. The van der Waals surface area contributed by atoms with Crippen LogP contribution in [0, 0.1) is 6.92 Å². The van der Waals surface area contributed by atoms with Crippen molar-refractivity contribution in [2.45, 2.75) is 17.6 Å². The average molecular weight is 292 g/mol. The van der Waals surface area contributed by atoms with Gasteiger partial charge in [-0.3, -0.25) is 0 Å². The summed E-state index contributed by atoms with van der Waals surface area (Å²) in [6.07, 6.45) is 0. The Labute approximate surface area is 121 Å². The normalized spacial score (nSPS) is 13.9. The molecule has 1 aromatic heterocycles. The maximum Gasteiger partial charge on any atom is 0.329 e. The molecule has 2 rings (SSSR count). The number of carbonyl (C=O) groups is 1. The van der Waals surface area contributed by atoms with Crippen LogP contribution in [0.5, 0.6) is 0 Å². The summed E-state index contributed by atoms with van der Waals surface area (Å²) in [5, 5.41) is 18.0. The third-order valence-corrected chi connectivity index (χ3v) is 4.37. The van der Waals surface area contributed by atoms with Crippen molar-refractivity contribution in [2.75, 3.05) is 5.75 Å². The monoisotopic (exact) mass is 292 g/mol.